The summed E-state index contributed by atoms with van der Waals surface area (Å²) in [5, 5.41) is 5.74. The zero-order valence-electron chi connectivity index (χ0n) is 21.1. The minimum Gasteiger partial charge on any atom is -0.399 e. The van der Waals surface area contributed by atoms with E-state index in [-0.39, 0.29) is 23.4 Å². The van der Waals surface area contributed by atoms with Gasteiger partial charge in [0.05, 0.1) is 0 Å². The van der Waals surface area contributed by atoms with Crippen molar-refractivity contribution < 1.29 is 18.7 Å². The number of nitrogen functional groups attached to an aromatic ring is 2. The van der Waals surface area contributed by atoms with Gasteiger partial charge in [-0.1, -0.05) is 32.8 Å². The standard InChI is InChI=1S/C28H37FN4O3/c1-17-6-8-18(9-7-17)25(33-26(34)19-4-3-5-20(30)14-19)27(35)32-21-15-22(29)24(23(31)16-21)28(2)10-12-36-13-11-28/h3-5,14-18,25H,6-13,30-31H2,1-2H3,(H,32,35)(H,33,34). The van der Waals surface area contributed by atoms with E-state index in [9.17, 15) is 9.59 Å². The number of hydrogen-bond acceptors (Lipinski definition) is 5. The molecule has 1 heterocycles. The maximum absolute atomic E-state index is 15.3. The molecule has 6 N–H and O–H groups in total. The highest BCUT2D eigenvalue weighted by Gasteiger charge is 2.35. The van der Waals surface area contributed by atoms with Crippen molar-refractivity contribution in [3.63, 3.8) is 0 Å². The zero-order valence-corrected chi connectivity index (χ0v) is 21.1. The average Bonchev–Trinajstić information content (AvgIpc) is 2.83. The largest absolute Gasteiger partial charge is 0.399 e. The molecule has 1 aliphatic heterocycles. The number of nitrogens with one attached hydrogen (secondary N) is 2. The fraction of sp³-hybridized carbons (Fsp3) is 0.500. The summed E-state index contributed by atoms with van der Waals surface area (Å²) >= 11 is 0. The number of hydrogen-bond donors (Lipinski definition) is 4. The number of rotatable bonds is 6. The third-order valence-electron chi connectivity index (χ3n) is 7.84. The van der Waals surface area contributed by atoms with Gasteiger partial charge in [0.2, 0.25) is 5.91 Å². The van der Waals surface area contributed by atoms with Gasteiger partial charge in [0.15, 0.2) is 0 Å². The van der Waals surface area contributed by atoms with E-state index in [2.05, 4.69) is 17.6 Å². The molecule has 2 aliphatic rings. The second kappa shape index (κ2) is 10.9. The molecule has 7 nitrogen and oxygen atoms in total. The monoisotopic (exact) mass is 496 g/mol. The van der Waals surface area contributed by atoms with Crippen molar-refractivity contribution in [2.45, 2.75) is 63.8 Å². The first kappa shape index (κ1) is 25.9. The Morgan fingerprint density at radius 1 is 1.08 bits per heavy atom. The van der Waals surface area contributed by atoms with Crippen LogP contribution in [-0.4, -0.2) is 31.1 Å². The van der Waals surface area contributed by atoms with Gasteiger partial charge in [-0.05, 0) is 67.9 Å². The van der Waals surface area contributed by atoms with E-state index in [1.54, 1.807) is 30.3 Å². The number of benzene rings is 2. The Morgan fingerprint density at radius 3 is 2.42 bits per heavy atom. The molecule has 4 rings (SSSR count). The minimum atomic E-state index is -0.761. The number of ether oxygens (including phenoxy) is 1. The number of nitrogens with two attached hydrogens (primary N) is 2. The molecular weight excluding hydrogens is 459 g/mol. The first-order valence-corrected chi connectivity index (χ1v) is 12.8. The Bertz CT molecular complexity index is 1080. The molecule has 1 saturated carbocycles. The van der Waals surface area contributed by atoms with Crippen LogP contribution in [0, 0.1) is 17.7 Å². The highest BCUT2D eigenvalue weighted by molar-refractivity contribution is 6.01. The van der Waals surface area contributed by atoms with Gasteiger partial charge in [-0.25, -0.2) is 4.39 Å². The molecule has 2 fully saturated rings. The lowest BCUT2D eigenvalue weighted by molar-refractivity contribution is -0.119. The van der Waals surface area contributed by atoms with E-state index >= 15 is 4.39 Å². The van der Waals surface area contributed by atoms with E-state index in [0.29, 0.717) is 54.5 Å². The Kier molecular flexibility index (Phi) is 7.83. The van der Waals surface area contributed by atoms with Crippen LogP contribution >= 0.6 is 0 Å². The maximum atomic E-state index is 15.3. The molecule has 8 heteroatoms. The van der Waals surface area contributed by atoms with Crippen LogP contribution in [-0.2, 0) is 14.9 Å². The maximum Gasteiger partial charge on any atom is 0.252 e. The lowest BCUT2D eigenvalue weighted by Crippen LogP contribution is -2.49. The minimum absolute atomic E-state index is 0.0196. The summed E-state index contributed by atoms with van der Waals surface area (Å²) in [4.78, 5) is 26.5. The second-order valence-corrected chi connectivity index (χ2v) is 10.7. The number of anilines is 3. The van der Waals surface area contributed by atoms with Crippen molar-refractivity contribution in [1.82, 2.24) is 5.32 Å². The van der Waals surface area contributed by atoms with E-state index in [1.807, 2.05) is 6.92 Å². The summed E-state index contributed by atoms with van der Waals surface area (Å²) in [6.07, 6.45) is 4.98. The summed E-state index contributed by atoms with van der Waals surface area (Å²) in [5.41, 5.74) is 13.6. The first-order chi connectivity index (χ1) is 17.2. The summed E-state index contributed by atoms with van der Waals surface area (Å²) in [5.74, 6) is -0.622. The Hall–Kier alpha value is -3.13. The summed E-state index contributed by atoms with van der Waals surface area (Å²) in [6.45, 7) is 5.31. The third kappa shape index (κ3) is 5.81. The quantitative estimate of drug-likeness (QED) is 0.435. The molecule has 0 spiro atoms. The molecular formula is C28H37FN4O3. The number of carbonyl (C=O) groups excluding carboxylic acids is 2. The molecule has 1 saturated heterocycles. The Balaban J connectivity index is 1.55. The van der Waals surface area contributed by atoms with E-state index in [1.165, 1.54) is 6.07 Å². The van der Waals surface area contributed by atoms with Crippen LogP contribution < -0.4 is 22.1 Å². The highest BCUT2D eigenvalue weighted by Crippen LogP contribution is 2.40. The van der Waals surface area contributed by atoms with Crippen LogP contribution in [0.5, 0.6) is 0 Å². The second-order valence-electron chi connectivity index (χ2n) is 10.7. The van der Waals surface area contributed by atoms with Crippen molar-refractivity contribution in [1.29, 1.82) is 0 Å². The molecule has 0 aromatic heterocycles. The van der Waals surface area contributed by atoms with Crippen LogP contribution in [0.4, 0.5) is 21.5 Å². The zero-order chi connectivity index (χ0) is 25.9. The van der Waals surface area contributed by atoms with Gasteiger partial charge in [0.1, 0.15) is 11.9 Å². The van der Waals surface area contributed by atoms with Crippen LogP contribution in [0.1, 0.15) is 68.3 Å². The van der Waals surface area contributed by atoms with Gasteiger partial charge in [-0.2, -0.15) is 0 Å². The van der Waals surface area contributed by atoms with Gasteiger partial charge in [-0.15, -0.1) is 0 Å². The molecule has 36 heavy (non-hydrogen) atoms. The molecule has 2 aromatic rings. The third-order valence-corrected chi connectivity index (χ3v) is 7.84. The number of carbonyl (C=O) groups is 2. The smallest absolute Gasteiger partial charge is 0.252 e. The van der Waals surface area contributed by atoms with Crippen LogP contribution in [0.15, 0.2) is 36.4 Å². The van der Waals surface area contributed by atoms with E-state index < -0.39 is 17.3 Å². The van der Waals surface area contributed by atoms with Gasteiger partial charge >= 0.3 is 0 Å². The highest BCUT2D eigenvalue weighted by atomic mass is 19.1. The van der Waals surface area contributed by atoms with Crippen LogP contribution in [0.2, 0.25) is 0 Å². The first-order valence-electron chi connectivity index (χ1n) is 12.8. The van der Waals surface area contributed by atoms with Crippen molar-refractivity contribution in [3.8, 4) is 0 Å². The number of halogens is 1. The molecule has 0 bridgehead atoms. The molecule has 1 unspecified atom stereocenters. The molecule has 1 atom stereocenters. The topological polar surface area (TPSA) is 119 Å². The van der Waals surface area contributed by atoms with Crippen molar-refractivity contribution in [2.75, 3.05) is 30.0 Å². The normalized spacial score (nSPS) is 22.4. The van der Waals surface area contributed by atoms with E-state index in [0.717, 1.165) is 25.7 Å². The fourth-order valence-electron chi connectivity index (χ4n) is 5.55. The molecule has 2 aromatic carbocycles. The fourth-order valence-corrected chi connectivity index (χ4v) is 5.55. The average molecular weight is 497 g/mol. The Labute approximate surface area is 212 Å². The van der Waals surface area contributed by atoms with Gasteiger partial charge in [-0.3, -0.25) is 9.59 Å². The molecule has 1 aliphatic carbocycles. The van der Waals surface area contributed by atoms with E-state index in [4.69, 9.17) is 16.2 Å². The SMILES string of the molecule is CC1CCC(C(NC(=O)c2cccc(N)c2)C(=O)Nc2cc(N)c(C3(C)CCOCC3)c(F)c2)CC1. The summed E-state index contributed by atoms with van der Waals surface area (Å²) < 4.78 is 20.7. The predicted octanol–water partition coefficient (Wildman–Crippen LogP) is 4.62. The number of amides is 2. The van der Waals surface area contributed by atoms with Crippen molar-refractivity contribution >= 4 is 28.9 Å². The van der Waals surface area contributed by atoms with Crippen molar-refractivity contribution in [2.24, 2.45) is 11.8 Å². The lowest BCUT2D eigenvalue weighted by Gasteiger charge is -2.35. The Morgan fingerprint density at radius 2 is 1.78 bits per heavy atom. The predicted molar refractivity (Wildman–Crippen MR) is 140 cm³/mol. The van der Waals surface area contributed by atoms with Gasteiger partial charge in [0.25, 0.3) is 5.91 Å². The van der Waals surface area contributed by atoms with Gasteiger partial charge in [0, 0.05) is 46.8 Å². The summed E-state index contributed by atoms with van der Waals surface area (Å²) in [7, 11) is 0. The molecule has 2 amide bonds. The van der Waals surface area contributed by atoms with Gasteiger partial charge < -0.3 is 26.8 Å². The summed E-state index contributed by atoms with van der Waals surface area (Å²) in [6, 6.07) is 8.82. The van der Waals surface area contributed by atoms with Crippen LogP contribution in [0.25, 0.3) is 0 Å². The lowest BCUT2D eigenvalue weighted by atomic mass is 9.75. The molecule has 194 valence electrons. The van der Waals surface area contributed by atoms with Crippen LogP contribution in [0.3, 0.4) is 0 Å². The van der Waals surface area contributed by atoms with Crippen molar-refractivity contribution in [3.05, 3.63) is 53.3 Å². The molecule has 0 radical (unpaired) electrons.